The van der Waals surface area contributed by atoms with E-state index in [4.69, 9.17) is 0 Å². The van der Waals surface area contributed by atoms with E-state index in [-0.39, 0.29) is 30.2 Å². The molecule has 0 aromatic heterocycles. The van der Waals surface area contributed by atoms with Crippen LogP contribution in [0, 0.1) is 5.82 Å². The molecule has 1 aliphatic carbocycles. The lowest BCUT2D eigenvalue weighted by molar-refractivity contribution is -0.142. The summed E-state index contributed by atoms with van der Waals surface area (Å²) in [7, 11) is 1.40. The number of amides is 3. The summed E-state index contributed by atoms with van der Waals surface area (Å²) in [5.74, 6) is -1.65. The van der Waals surface area contributed by atoms with Gasteiger partial charge in [-0.15, -0.1) is 0 Å². The third kappa shape index (κ3) is 3.92. The van der Waals surface area contributed by atoms with Crippen LogP contribution in [0.3, 0.4) is 0 Å². The van der Waals surface area contributed by atoms with E-state index < -0.39 is 17.1 Å². The van der Waals surface area contributed by atoms with Gasteiger partial charge in [0.15, 0.2) is 0 Å². The van der Waals surface area contributed by atoms with Crippen molar-refractivity contribution in [3.63, 3.8) is 0 Å². The van der Waals surface area contributed by atoms with Crippen molar-refractivity contribution in [2.75, 3.05) is 33.2 Å². The number of fused-ring (bicyclic) bond motifs is 1. The van der Waals surface area contributed by atoms with Crippen molar-refractivity contribution in [2.45, 2.75) is 43.6 Å². The van der Waals surface area contributed by atoms with Gasteiger partial charge in [0, 0.05) is 57.7 Å². The molecule has 2 aliphatic heterocycles. The summed E-state index contributed by atoms with van der Waals surface area (Å²) < 4.78 is 14.8. The Morgan fingerprint density at radius 2 is 1.68 bits per heavy atom. The van der Waals surface area contributed by atoms with Gasteiger partial charge in [0.2, 0.25) is 17.7 Å². The van der Waals surface area contributed by atoms with Crippen LogP contribution in [0.25, 0.3) is 0 Å². The first-order chi connectivity index (χ1) is 16.4. The summed E-state index contributed by atoms with van der Waals surface area (Å²) >= 11 is 0. The van der Waals surface area contributed by atoms with Crippen LogP contribution in [0.5, 0.6) is 0 Å². The maximum Gasteiger partial charge on any atom is 0.240 e. The molecule has 2 heterocycles. The predicted molar refractivity (Wildman–Crippen MR) is 125 cm³/mol. The fourth-order valence-corrected chi connectivity index (χ4v) is 5.88. The van der Waals surface area contributed by atoms with Crippen molar-refractivity contribution >= 4 is 17.7 Å². The lowest BCUT2D eigenvalue weighted by Crippen LogP contribution is -2.54. The van der Waals surface area contributed by atoms with Crippen molar-refractivity contribution in [2.24, 2.45) is 0 Å². The minimum atomic E-state index is -1.47. The van der Waals surface area contributed by atoms with Crippen LogP contribution in [0.2, 0.25) is 0 Å². The van der Waals surface area contributed by atoms with Gasteiger partial charge in [-0.05, 0) is 36.5 Å². The molecule has 178 valence electrons. The average molecular weight is 464 g/mol. The van der Waals surface area contributed by atoms with Crippen LogP contribution in [0.4, 0.5) is 4.39 Å². The molecule has 34 heavy (non-hydrogen) atoms. The van der Waals surface area contributed by atoms with Gasteiger partial charge in [-0.1, -0.05) is 42.5 Å². The number of likely N-dealkylation sites (tertiary alicyclic amines) is 1. The van der Waals surface area contributed by atoms with Gasteiger partial charge in [0.05, 0.1) is 5.41 Å². The molecule has 0 radical (unpaired) electrons. The number of benzene rings is 2. The van der Waals surface area contributed by atoms with Crippen LogP contribution < -0.4 is 0 Å². The second kappa shape index (κ2) is 8.95. The van der Waals surface area contributed by atoms with Gasteiger partial charge < -0.3 is 4.90 Å². The number of likely N-dealkylation sites (N-methyl/N-ethyl adjacent to an activating group) is 1. The van der Waals surface area contributed by atoms with Gasteiger partial charge in [-0.3, -0.25) is 24.2 Å². The Morgan fingerprint density at radius 1 is 1.00 bits per heavy atom. The Labute approximate surface area is 199 Å². The van der Waals surface area contributed by atoms with E-state index in [0.29, 0.717) is 19.1 Å². The molecule has 2 fully saturated rings. The molecule has 2 aromatic rings. The molecule has 0 bridgehead atoms. The van der Waals surface area contributed by atoms with E-state index in [9.17, 15) is 18.8 Å². The quantitative estimate of drug-likeness (QED) is 0.654. The van der Waals surface area contributed by atoms with Crippen LogP contribution in [0.1, 0.15) is 36.0 Å². The largest absolute Gasteiger partial charge is 0.340 e. The molecule has 2 atom stereocenters. The summed E-state index contributed by atoms with van der Waals surface area (Å²) in [6.07, 6.45) is 2.85. The average Bonchev–Trinajstić information content (AvgIpc) is 3.08. The number of piperazine rings is 1. The third-order valence-corrected chi connectivity index (χ3v) is 7.89. The summed E-state index contributed by atoms with van der Waals surface area (Å²) in [5, 5.41) is 0. The zero-order chi connectivity index (χ0) is 23.9. The SMILES string of the molecule is CN1C(=O)C[C@@](CC(=O)N2CCN([C@H]3CCc4ccccc4C3)CC2)(c2ccccc2F)C1=O. The normalized spacial score (nSPS) is 25.5. The maximum absolute atomic E-state index is 14.8. The van der Waals surface area contributed by atoms with Crippen molar-refractivity contribution in [3.05, 3.63) is 71.0 Å². The molecule has 0 unspecified atom stereocenters. The number of rotatable bonds is 4. The monoisotopic (exact) mass is 463 g/mol. The van der Waals surface area contributed by atoms with Crippen LogP contribution in [0.15, 0.2) is 48.5 Å². The van der Waals surface area contributed by atoms with Gasteiger partial charge in [0.25, 0.3) is 0 Å². The summed E-state index contributed by atoms with van der Waals surface area (Å²) in [6, 6.07) is 15.1. The van der Waals surface area contributed by atoms with Gasteiger partial charge in [-0.2, -0.15) is 0 Å². The number of carbonyl (C=O) groups excluding carboxylic acids is 3. The number of halogens is 1. The summed E-state index contributed by atoms with van der Waals surface area (Å²) in [4.78, 5) is 44.1. The van der Waals surface area contributed by atoms with Gasteiger partial charge in [0.1, 0.15) is 5.82 Å². The number of imide groups is 1. The lowest BCUT2D eigenvalue weighted by Gasteiger charge is -2.41. The molecule has 0 saturated carbocycles. The summed E-state index contributed by atoms with van der Waals surface area (Å²) in [5.41, 5.74) is 1.51. The third-order valence-electron chi connectivity index (χ3n) is 7.89. The van der Waals surface area contributed by atoms with Gasteiger partial charge in [-0.25, -0.2) is 4.39 Å². The Balaban J connectivity index is 1.27. The topological polar surface area (TPSA) is 60.9 Å². The molecule has 7 heteroatoms. The van der Waals surface area contributed by atoms with Crippen molar-refractivity contribution in [1.29, 1.82) is 0 Å². The summed E-state index contributed by atoms with van der Waals surface area (Å²) in [6.45, 7) is 2.70. The Kier molecular flexibility index (Phi) is 5.98. The van der Waals surface area contributed by atoms with Crippen LogP contribution >= 0.6 is 0 Å². The van der Waals surface area contributed by atoms with Crippen LogP contribution in [-0.2, 0) is 32.6 Å². The number of nitrogens with zero attached hydrogens (tertiary/aromatic N) is 3. The van der Waals surface area contributed by atoms with E-state index in [1.165, 1.54) is 30.3 Å². The predicted octanol–water partition coefficient (Wildman–Crippen LogP) is 2.54. The second-order valence-corrected chi connectivity index (χ2v) is 9.76. The number of hydrogen-bond donors (Lipinski definition) is 0. The van der Waals surface area contributed by atoms with E-state index in [1.54, 1.807) is 17.0 Å². The Hall–Kier alpha value is -3.06. The second-order valence-electron chi connectivity index (χ2n) is 9.76. The zero-order valence-electron chi connectivity index (χ0n) is 19.5. The standard InChI is InChI=1S/C27H30FN3O3/c1-29-24(32)17-27(26(29)34,22-8-4-5-9-23(22)28)18-25(33)31-14-12-30(13-15-31)21-11-10-19-6-2-3-7-20(19)16-21/h2-9,21H,10-18H2,1H3/t21-,27+/m0/s1. The minimum Gasteiger partial charge on any atom is -0.340 e. The molecule has 2 aromatic carbocycles. The fourth-order valence-electron chi connectivity index (χ4n) is 5.88. The van der Waals surface area contributed by atoms with Crippen molar-refractivity contribution in [3.8, 4) is 0 Å². The number of hydrogen-bond acceptors (Lipinski definition) is 4. The van der Waals surface area contributed by atoms with E-state index >= 15 is 0 Å². The van der Waals surface area contributed by atoms with Crippen molar-refractivity contribution in [1.82, 2.24) is 14.7 Å². The zero-order valence-corrected chi connectivity index (χ0v) is 19.5. The van der Waals surface area contributed by atoms with E-state index in [1.807, 2.05) is 0 Å². The maximum atomic E-state index is 14.8. The molecular weight excluding hydrogens is 433 g/mol. The molecule has 2 saturated heterocycles. The Bertz CT molecular complexity index is 1130. The highest BCUT2D eigenvalue weighted by Gasteiger charge is 2.54. The molecular formula is C27H30FN3O3. The molecule has 3 aliphatic rings. The van der Waals surface area contributed by atoms with Crippen LogP contribution in [-0.4, -0.2) is 71.7 Å². The number of carbonyl (C=O) groups is 3. The molecule has 6 nitrogen and oxygen atoms in total. The minimum absolute atomic E-state index is 0.130. The van der Waals surface area contributed by atoms with Gasteiger partial charge >= 0.3 is 0 Å². The molecule has 0 spiro atoms. The first kappa shape index (κ1) is 22.7. The van der Waals surface area contributed by atoms with E-state index in [2.05, 4.69) is 29.2 Å². The highest BCUT2D eigenvalue weighted by Crippen LogP contribution is 2.41. The first-order valence-electron chi connectivity index (χ1n) is 12.0. The smallest absolute Gasteiger partial charge is 0.240 e. The fraction of sp³-hybridized carbons (Fsp3) is 0.444. The molecule has 5 rings (SSSR count). The Morgan fingerprint density at radius 3 is 2.35 bits per heavy atom. The van der Waals surface area contributed by atoms with E-state index in [0.717, 1.165) is 37.3 Å². The van der Waals surface area contributed by atoms with Crippen molar-refractivity contribution < 1.29 is 18.8 Å². The lowest BCUT2D eigenvalue weighted by atomic mass is 9.75. The molecule has 0 N–H and O–H groups in total. The molecule has 3 amide bonds. The first-order valence-corrected chi connectivity index (χ1v) is 12.0. The highest BCUT2D eigenvalue weighted by molar-refractivity contribution is 6.10. The number of aryl methyl sites for hydroxylation is 1. The highest BCUT2D eigenvalue weighted by atomic mass is 19.1.